The van der Waals surface area contributed by atoms with Crippen LogP contribution in [0.3, 0.4) is 0 Å². The molecule has 4 heteroatoms. The van der Waals surface area contributed by atoms with Gasteiger partial charge in [0.1, 0.15) is 17.1 Å². The standard InChI is InChI=1S/C14H21NO3/c1-5-7-10(2)15-14(16)13-11(17-3)8-6-9-12(13)18-4/h6,8-10H,5,7H2,1-4H3,(H,15,16)/t10-/m0/s1. The van der Waals surface area contributed by atoms with Gasteiger partial charge in [-0.1, -0.05) is 19.4 Å². The van der Waals surface area contributed by atoms with Gasteiger partial charge in [-0.15, -0.1) is 0 Å². The summed E-state index contributed by atoms with van der Waals surface area (Å²) in [6.45, 7) is 4.08. The van der Waals surface area contributed by atoms with Crippen molar-refractivity contribution in [1.29, 1.82) is 0 Å². The molecule has 1 aromatic carbocycles. The van der Waals surface area contributed by atoms with E-state index in [1.54, 1.807) is 32.4 Å². The summed E-state index contributed by atoms with van der Waals surface area (Å²) < 4.78 is 10.4. The molecule has 1 aromatic rings. The zero-order valence-corrected chi connectivity index (χ0v) is 11.4. The summed E-state index contributed by atoms with van der Waals surface area (Å²) in [7, 11) is 3.09. The Morgan fingerprint density at radius 1 is 1.28 bits per heavy atom. The molecular weight excluding hydrogens is 230 g/mol. The maximum Gasteiger partial charge on any atom is 0.259 e. The highest BCUT2D eigenvalue weighted by Gasteiger charge is 2.19. The molecule has 0 heterocycles. The van der Waals surface area contributed by atoms with Crippen LogP contribution in [0.25, 0.3) is 0 Å². The summed E-state index contributed by atoms with van der Waals surface area (Å²) in [4.78, 5) is 12.2. The van der Waals surface area contributed by atoms with Crippen molar-refractivity contribution >= 4 is 5.91 Å². The summed E-state index contributed by atoms with van der Waals surface area (Å²) in [6.07, 6.45) is 1.98. The predicted octanol–water partition coefficient (Wildman–Crippen LogP) is 2.62. The Kier molecular flexibility index (Phi) is 5.49. The second-order valence-corrected chi connectivity index (χ2v) is 4.20. The van der Waals surface area contributed by atoms with Crippen LogP contribution < -0.4 is 14.8 Å². The van der Waals surface area contributed by atoms with Crippen LogP contribution in [-0.4, -0.2) is 26.2 Å². The first kappa shape index (κ1) is 14.4. The molecule has 1 rings (SSSR count). The SMILES string of the molecule is CCC[C@H](C)NC(=O)c1c(OC)cccc1OC. The molecule has 100 valence electrons. The van der Waals surface area contributed by atoms with Crippen LogP contribution in [0, 0.1) is 0 Å². The molecule has 18 heavy (non-hydrogen) atoms. The maximum atomic E-state index is 12.2. The fourth-order valence-corrected chi connectivity index (χ4v) is 1.88. The van der Waals surface area contributed by atoms with Gasteiger partial charge in [0.15, 0.2) is 0 Å². The van der Waals surface area contributed by atoms with Crippen LogP contribution >= 0.6 is 0 Å². The molecule has 0 aromatic heterocycles. The monoisotopic (exact) mass is 251 g/mol. The van der Waals surface area contributed by atoms with Crippen molar-refractivity contribution in [3.8, 4) is 11.5 Å². The van der Waals surface area contributed by atoms with E-state index in [0.717, 1.165) is 12.8 Å². The fourth-order valence-electron chi connectivity index (χ4n) is 1.88. The normalized spacial score (nSPS) is 11.8. The molecule has 0 spiro atoms. The van der Waals surface area contributed by atoms with Gasteiger partial charge in [-0.25, -0.2) is 0 Å². The van der Waals surface area contributed by atoms with E-state index >= 15 is 0 Å². The third-order valence-corrected chi connectivity index (χ3v) is 2.75. The number of carbonyl (C=O) groups excluding carboxylic acids is 1. The molecule has 4 nitrogen and oxygen atoms in total. The van der Waals surface area contributed by atoms with Crippen LogP contribution in [0.15, 0.2) is 18.2 Å². The van der Waals surface area contributed by atoms with Gasteiger partial charge < -0.3 is 14.8 Å². The lowest BCUT2D eigenvalue weighted by Gasteiger charge is -2.16. The summed E-state index contributed by atoms with van der Waals surface area (Å²) in [5.74, 6) is 0.886. The lowest BCUT2D eigenvalue weighted by molar-refractivity contribution is 0.0932. The quantitative estimate of drug-likeness (QED) is 0.845. The molecule has 1 atom stereocenters. The van der Waals surface area contributed by atoms with E-state index in [4.69, 9.17) is 9.47 Å². The number of ether oxygens (including phenoxy) is 2. The molecule has 0 bridgehead atoms. The zero-order chi connectivity index (χ0) is 13.5. The van der Waals surface area contributed by atoms with Gasteiger partial charge in [0, 0.05) is 6.04 Å². The Morgan fingerprint density at radius 2 is 1.83 bits per heavy atom. The number of amides is 1. The van der Waals surface area contributed by atoms with Gasteiger partial charge in [-0.05, 0) is 25.5 Å². The van der Waals surface area contributed by atoms with Gasteiger partial charge in [-0.3, -0.25) is 4.79 Å². The van der Waals surface area contributed by atoms with Gasteiger partial charge in [0.25, 0.3) is 5.91 Å². The summed E-state index contributed by atoms with van der Waals surface area (Å²) in [5.41, 5.74) is 0.449. The highest BCUT2D eigenvalue weighted by atomic mass is 16.5. The highest BCUT2D eigenvalue weighted by Crippen LogP contribution is 2.28. The van der Waals surface area contributed by atoms with Crippen LogP contribution in [0.4, 0.5) is 0 Å². The average Bonchev–Trinajstić information content (AvgIpc) is 2.37. The zero-order valence-electron chi connectivity index (χ0n) is 11.4. The van der Waals surface area contributed by atoms with Crippen molar-refractivity contribution in [2.24, 2.45) is 0 Å². The molecule has 0 aliphatic carbocycles. The molecule has 1 N–H and O–H groups in total. The van der Waals surface area contributed by atoms with Crippen molar-refractivity contribution in [3.05, 3.63) is 23.8 Å². The van der Waals surface area contributed by atoms with Gasteiger partial charge in [-0.2, -0.15) is 0 Å². The number of carbonyl (C=O) groups is 1. The predicted molar refractivity (Wildman–Crippen MR) is 71.4 cm³/mol. The number of rotatable bonds is 6. The minimum absolute atomic E-state index is 0.136. The topological polar surface area (TPSA) is 47.6 Å². The van der Waals surface area contributed by atoms with Crippen LogP contribution in [-0.2, 0) is 0 Å². The van der Waals surface area contributed by atoms with E-state index in [1.807, 2.05) is 6.92 Å². The number of hydrogen-bond acceptors (Lipinski definition) is 3. The Morgan fingerprint density at radius 3 is 2.28 bits per heavy atom. The van der Waals surface area contributed by atoms with Crippen LogP contribution in [0.2, 0.25) is 0 Å². The molecule has 0 radical (unpaired) electrons. The number of nitrogens with one attached hydrogen (secondary N) is 1. The Bertz CT molecular complexity index is 382. The highest BCUT2D eigenvalue weighted by molar-refractivity contribution is 5.99. The van der Waals surface area contributed by atoms with Crippen molar-refractivity contribution in [1.82, 2.24) is 5.32 Å². The third kappa shape index (κ3) is 3.39. The van der Waals surface area contributed by atoms with Crippen LogP contribution in [0.1, 0.15) is 37.0 Å². The molecule has 0 saturated carbocycles. The first-order valence-corrected chi connectivity index (χ1v) is 6.15. The Labute approximate surface area is 108 Å². The molecular formula is C14H21NO3. The van der Waals surface area contributed by atoms with E-state index in [-0.39, 0.29) is 11.9 Å². The van der Waals surface area contributed by atoms with Crippen molar-refractivity contribution in [2.45, 2.75) is 32.7 Å². The largest absolute Gasteiger partial charge is 0.496 e. The number of benzene rings is 1. The minimum Gasteiger partial charge on any atom is -0.496 e. The van der Waals surface area contributed by atoms with E-state index in [9.17, 15) is 4.79 Å². The smallest absolute Gasteiger partial charge is 0.259 e. The number of hydrogen-bond donors (Lipinski definition) is 1. The molecule has 1 amide bonds. The summed E-state index contributed by atoms with van der Waals surface area (Å²) in [6, 6.07) is 5.44. The van der Waals surface area contributed by atoms with E-state index in [2.05, 4.69) is 12.2 Å². The second-order valence-electron chi connectivity index (χ2n) is 4.20. The lowest BCUT2D eigenvalue weighted by atomic mass is 10.1. The van der Waals surface area contributed by atoms with Gasteiger partial charge in [0.2, 0.25) is 0 Å². The Hall–Kier alpha value is -1.71. The average molecular weight is 251 g/mol. The number of methoxy groups -OCH3 is 2. The maximum absolute atomic E-state index is 12.2. The van der Waals surface area contributed by atoms with E-state index in [1.165, 1.54) is 0 Å². The summed E-state index contributed by atoms with van der Waals surface area (Å²) >= 11 is 0. The minimum atomic E-state index is -0.162. The van der Waals surface area contributed by atoms with Crippen molar-refractivity contribution in [3.63, 3.8) is 0 Å². The molecule has 0 fully saturated rings. The summed E-state index contributed by atoms with van der Waals surface area (Å²) in [5, 5.41) is 2.95. The van der Waals surface area contributed by atoms with E-state index in [0.29, 0.717) is 17.1 Å². The Balaban J connectivity index is 2.96. The molecule has 0 aliphatic heterocycles. The van der Waals surface area contributed by atoms with Crippen LogP contribution in [0.5, 0.6) is 11.5 Å². The lowest BCUT2D eigenvalue weighted by Crippen LogP contribution is -2.32. The first-order chi connectivity index (χ1) is 8.63. The molecule has 0 unspecified atom stereocenters. The van der Waals surface area contributed by atoms with Crippen molar-refractivity contribution < 1.29 is 14.3 Å². The fraction of sp³-hybridized carbons (Fsp3) is 0.500. The van der Waals surface area contributed by atoms with Crippen molar-refractivity contribution in [2.75, 3.05) is 14.2 Å². The third-order valence-electron chi connectivity index (χ3n) is 2.75. The van der Waals surface area contributed by atoms with E-state index < -0.39 is 0 Å². The molecule has 0 saturated heterocycles. The molecule has 0 aliphatic rings. The van der Waals surface area contributed by atoms with Gasteiger partial charge in [0.05, 0.1) is 14.2 Å². The first-order valence-electron chi connectivity index (χ1n) is 6.15. The second kappa shape index (κ2) is 6.89. The van der Waals surface area contributed by atoms with Gasteiger partial charge >= 0.3 is 0 Å².